The predicted molar refractivity (Wildman–Crippen MR) is 60.0 cm³/mol. The first-order valence-corrected chi connectivity index (χ1v) is 5.27. The van der Waals surface area contributed by atoms with E-state index in [0.717, 1.165) is 6.54 Å². The summed E-state index contributed by atoms with van der Waals surface area (Å²) in [6.07, 6.45) is 0. The SMILES string of the molecule is CCn1c(C)cc2c(Br)cccc21. The topological polar surface area (TPSA) is 4.93 Å². The van der Waals surface area contributed by atoms with E-state index >= 15 is 0 Å². The van der Waals surface area contributed by atoms with Crippen LogP contribution in [0, 0.1) is 6.92 Å². The maximum atomic E-state index is 3.56. The van der Waals surface area contributed by atoms with Gasteiger partial charge in [0.15, 0.2) is 0 Å². The van der Waals surface area contributed by atoms with Gasteiger partial charge in [-0.25, -0.2) is 0 Å². The Kier molecular flexibility index (Phi) is 2.16. The van der Waals surface area contributed by atoms with Gasteiger partial charge in [0.25, 0.3) is 0 Å². The van der Waals surface area contributed by atoms with Gasteiger partial charge >= 0.3 is 0 Å². The molecule has 0 saturated heterocycles. The first-order valence-electron chi connectivity index (χ1n) is 4.48. The van der Waals surface area contributed by atoms with Crippen LogP contribution < -0.4 is 0 Å². The summed E-state index contributed by atoms with van der Waals surface area (Å²) in [5.41, 5.74) is 2.64. The van der Waals surface area contributed by atoms with E-state index in [1.807, 2.05) is 0 Å². The second-order valence-electron chi connectivity index (χ2n) is 3.20. The summed E-state index contributed by atoms with van der Waals surface area (Å²) in [7, 11) is 0. The summed E-state index contributed by atoms with van der Waals surface area (Å²) in [5.74, 6) is 0. The number of aromatic nitrogens is 1. The second kappa shape index (κ2) is 3.18. The van der Waals surface area contributed by atoms with Crippen LogP contribution in [0.5, 0.6) is 0 Å². The Morgan fingerprint density at radius 2 is 2.15 bits per heavy atom. The van der Waals surface area contributed by atoms with Crippen LogP contribution in [0.2, 0.25) is 0 Å². The van der Waals surface area contributed by atoms with Gasteiger partial charge in [-0.15, -0.1) is 0 Å². The Balaban J connectivity index is 2.86. The zero-order valence-corrected chi connectivity index (χ0v) is 9.43. The number of rotatable bonds is 1. The highest BCUT2D eigenvalue weighted by Gasteiger charge is 2.05. The summed E-state index contributed by atoms with van der Waals surface area (Å²) in [6, 6.07) is 8.55. The molecule has 0 N–H and O–H groups in total. The van der Waals surface area contributed by atoms with Crippen LogP contribution in [0.15, 0.2) is 28.7 Å². The van der Waals surface area contributed by atoms with Gasteiger partial charge in [-0.05, 0) is 32.0 Å². The zero-order chi connectivity index (χ0) is 9.42. The van der Waals surface area contributed by atoms with E-state index < -0.39 is 0 Å². The molecule has 13 heavy (non-hydrogen) atoms. The smallest absolute Gasteiger partial charge is 0.0493 e. The Morgan fingerprint density at radius 3 is 2.85 bits per heavy atom. The Hall–Kier alpha value is -0.760. The van der Waals surface area contributed by atoms with Crippen LogP contribution in [0.1, 0.15) is 12.6 Å². The molecule has 0 radical (unpaired) electrons. The average Bonchev–Trinajstić information content (AvgIpc) is 2.43. The Bertz CT molecular complexity index is 443. The number of halogens is 1. The number of benzene rings is 1. The first kappa shape index (κ1) is 8.82. The van der Waals surface area contributed by atoms with Crippen molar-refractivity contribution in [2.75, 3.05) is 0 Å². The van der Waals surface area contributed by atoms with Gasteiger partial charge in [-0.2, -0.15) is 0 Å². The van der Waals surface area contributed by atoms with E-state index in [9.17, 15) is 0 Å². The van der Waals surface area contributed by atoms with E-state index in [4.69, 9.17) is 0 Å². The fraction of sp³-hybridized carbons (Fsp3) is 0.273. The summed E-state index contributed by atoms with van der Waals surface area (Å²) in [4.78, 5) is 0. The molecule has 1 aromatic carbocycles. The largest absolute Gasteiger partial charge is 0.345 e. The first-order chi connectivity index (χ1) is 6.24. The van der Waals surface area contributed by atoms with Crippen molar-refractivity contribution in [3.05, 3.63) is 34.4 Å². The van der Waals surface area contributed by atoms with Crippen molar-refractivity contribution in [3.63, 3.8) is 0 Å². The van der Waals surface area contributed by atoms with Crippen molar-refractivity contribution < 1.29 is 0 Å². The van der Waals surface area contributed by atoms with Gasteiger partial charge in [-0.1, -0.05) is 22.0 Å². The van der Waals surface area contributed by atoms with Gasteiger partial charge in [0.1, 0.15) is 0 Å². The third kappa shape index (κ3) is 1.29. The number of aryl methyl sites for hydroxylation is 2. The van der Waals surface area contributed by atoms with Gasteiger partial charge < -0.3 is 4.57 Å². The molecule has 2 rings (SSSR count). The van der Waals surface area contributed by atoms with Crippen molar-refractivity contribution in [2.45, 2.75) is 20.4 Å². The maximum Gasteiger partial charge on any atom is 0.0493 e. The number of hydrogen-bond donors (Lipinski definition) is 0. The number of nitrogens with zero attached hydrogens (tertiary/aromatic N) is 1. The van der Waals surface area contributed by atoms with Crippen LogP contribution in [-0.2, 0) is 6.54 Å². The molecule has 1 aromatic heterocycles. The van der Waals surface area contributed by atoms with Crippen molar-refractivity contribution in [2.24, 2.45) is 0 Å². The average molecular weight is 238 g/mol. The molecule has 0 spiro atoms. The molecule has 0 unspecified atom stereocenters. The monoisotopic (exact) mass is 237 g/mol. The zero-order valence-electron chi connectivity index (χ0n) is 7.84. The summed E-state index contributed by atoms with van der Waals surface area (Å²) in [5, 5.41) is 1.31. The molecular weight excluding hydrogens is 226 g/mol. The third-order valence-corrected chi connectivity index (χ3v) is 3.11. The molecule has 0 aliphatic rings. The molecule has 0 saturated carbocycles. The minimum atomic E-state index is 1.03. The standard InChI is InChI=1S/C11H12BrN/c1-3-13-8(2)7-9-10(12)5-4-6-11(9)13/h4-7H,3H2,1-2H3. The number of hydrogen-bond acceptors (Lipinski definition) is 0. The molecule has 1 heterocycles. The van der Waals surface area contributed by atoms with E-state index in [2.05, 4.69) is 58.6 Å². The molecule has 0 aliphatic carbocycles. The summed E-state index contributed by atoms with van der Waals surface area (Å²) in [6.45, 7) is 5.36. The molecule has 0 aliphatic heterocycles. The van der Waals surface area contributed by atoms with Crippen LogP contribution in [0.4, 0.5) is 0 Å². The van der Waals surface area contributed by atoms with E-state index in [1.165, 1.54) is 21.1 Å². The van der Waals surface area contributed by atoms with Crippen LogP contribution in [0.25, 0.3) is 10.9 Å². The molecule has 2 heteroatoms. The summed E-state index contributed by atoms with van der Waals surface area (Å²) < 4.78 is 3.50. The molecule has 68 valence electrons. The second-order valence-corrected chi connectivity index (χ2v) is 4.06. The molecule has 0 fully saturated rings. The van der Waals surface area contributed by atoms with Crippen molar-refractivity contribution in [1.29, 1.82) is 0 Å². The highest BCUT2D eigenvalue weighted by Crippen LogP contribution is 2.26. The normalized spacial score (nSPS) is 11.0. The fourth-order valence-electron chi connectivity index (χ4n) is 1.80. The number of fused-ring (bicyclic) bond motifs is 1. The molecule has 1 nitrogen and oxygen atoms in total. The molecule has 0 bridgehead atoms. The van der Waals surface area contributed by atoms with Crippen molar-refractivity contribution >= 4 is 26.8 Å². The lowest BCUT2D eigenvalue weighted by atomic mass is 10.2. The van der Waals surface area contributed by atoms with Crippen LogP contribution >= 0.6 is 15.9 Å². The van der Waals surface area contributed by atoms with Gasteiger partial charge in [0, 0.05) is 27.6 Å². The van der Waals surface area contributed by atoms with E-state index in [-0.39, 0.29) is 0 Å². The molecule has 0 amide bonds. The lowest BCUT2D eigenvalue weighted by Crippen LogP contribution is -1.94. The van der Waals surface area contributed by atoms with Gasteiger partial charge in [-0.3, -0.25) is 0 Å². The fourth-order valence-corrected chi connectivity index (χ4v) is 2.27. The van der Waals surface area contributed by atoms with Crippen LogP contribution in [-0.4, -0.2) is 4.57 Å². The van der Waals surface area contributed by atoms with E-state index in [1.54, 1.807) is 0 Å². The van der Waals surface area contributed by atoms with Crippen molar-refractivity contribution in [1.82, 2.24) is 4.57 Å². The molecular formula is C11H12BrN. The molecule has 2 aromatic rings. The third-order valence-electron chi connectivity index (χ3n) is 2.42. The Morgan fingerprint density at radius 1 is 1.38 bits per heavy atom. The van der Waals surface area contributed by atoms with Gasteiger partial charge in [0.05, 0.1) is 0 Å². The highest BCUT2D eigenvalue weighted by molar-refractivity contribution is 9.10. The highest BCUT2D eigenvalue weighted by atomic mass is 79.9. The van der Waals surface area contributed by atoms with Crippen LogP contribution in [0.3, 0.4) is 0 Å². The van der Waals surface area contributed by atoms with E-state index in [0.29, 0.717) is 0 Å². The lowest BCUT2D eigenvalue weighted by molar-refractivity contribution is 0.770. The predicted octanol–water partition coefficient (Wildman–Crippen LogP) is 3.73. The van der Waals surface area contributed by atoms with Gasteiger partial charge in [0.2, 0.25) is 0 Å². The lowest BCUT2D eigenvalue weighted by Gasteiger charge is -2.03. The Labute approximate surface area is 86.5 Å². The minimum absolute atomic E-state index is 1.03. The molecule has 0 atom stereocenters. The maximum absolute atomic E-state index is 3.56. The van der Waals surface area contributed by atoms with Crippen molar-refractivity contribution in [3.8, 4) is 0 Å². The minimum Gasteiger partial charge on any atom is -0.345 e. The summed E-state index contributed by atoms with van der Waals surface area (Å²) >= 11 is 3.56. The quantitative estimate of drug-likeness (QED) is 0.713.